The summed E-state index contributed by atoms with van der Waals surface area (Å²) in [6.07, 6.45) is 3.17. The molecule has 2 aromatic heterocycles. The van der Waals surface area contributed by atoms with E-state index >= 15 is 0 Å². The van der Waals surface area contributed by atoms with Crippen LogP contribution in [0.4, 0.5) is 0 Å². The molecule has 0 saturated heterocycles. The maximum Gasteiger partial charge on any atom is 0.197 e. The third kappa shape index (κ3) is 2.14. The summed E-state index contributed by atoms with van der Waals surface area (Å²) in [7, 11) is 1.87. The Morgan fingerprint density at radius 1 is 1.47 bits per heavy atom. The van der Waals surface area contributed by atoms with Crippen LogP contribution < -0.4 is 0 Å². The van der Waals surface area contributed by atoms with Crippen LogP contribution in [0.15, 0.2) is 34.8 Å². The molecule has 0 fully saturated rings. The predicted octanol–water partition coefficient (Wildman–Crippen LogP) is 1.23. The Morgan fingerprint density at radius 3 is 2.87 bits per heavy atom. The van der Waals surface area contributed by atoms with Crippen LogP contribution in [0.5, 0.6) is 0 Å². The van der Waals surface area contributed by atoms with Crippen LogP contribution in [0.1, 0.15) is 5.56 Å². The van der Waals surface area contributed by atoms with Crippen LogP contribution >= 0.6 is 11.8 Å². The predicted molar refractivity (Wildman–Crippen MR) is 54.1 cm³/mol. The number of nitrogens with zero attached hydrogens (tertiary/aromatic N) is 5. The van der Waals surface area contributed by atoms with Gasteiger partial charge in [0, 0.05) is 13.2 Å². The first-order valence-electron chi connectivity index (χ1n) is 4.17. The second-order valence-electron chi connectivity index (χ2n) is 2.82. The minimum absolute atomic E-state index is 0.553. The van der Waals surface area contributed by atoms with Crippen molar-refractivity contribution < 1.29 is 0 Å². The third-order valence-electron chi connectivity index (χ3n) is 1.73. The van der Waals surface area contributed by atoms with Crippen LogP contribution in [-0.2, 0) is 7.05 Å². The summed E-state index contributed by atoms with van der Waals surface area (Å²) < 4.78 is 1.81. The minimum atomic E-state index is 0.553. The fraction of sp³-hybridized carbons (Fsp3) is 0.111. The molecule has 2 heterocycles. The zero-order valence-electron chi connectivity index (χ0n) is 7.95. The van der Waals surface area contributed by atoms with E-state index < -0.39 is 0 Å². The van der Waals surface area contributed by atoms with E-state index in [0.717, 1.165) is 10.2 Å². The average molecular weight is 217 g/mol. The third-order valence-corrected chi connectivity index (χ3v) is 2.73. The highest BCUT2D eigenvalue weighted by atomic mass is 32.2. The molecule has 0 N–H and O–H groups in total. The number of hydrogen-bond donors (Lipinski definition) is 0. The Balaban J connectivity index is 2.19. The summed E-state index contributed by atoms with van der Waals surface area (Å²) in [6, 6.07) is 5.54. The molecule has 0 aliphatic heterocycles. The molecule has 0 radical (unpaired) electrons. The first-order valence-corrected chi connectivity index (χ1v) is 4.99. The molecular formula is C9H7N5S. The first-order chi connectivity index (χ1) is 7.29. The second kappa shape index (κ2) is 4.11. The summed E-state index contributed by atoms with van der Waals surface area (Å²) in [5, 5.41) is 17.9. The van der Waals surface area contributed by atoms with E-state index in [1.54, 1.807) is 24.7 Å². The Labute approximate surface area is 90.8 Å². The lowest BCUT2D eigenvalue weighted by Gasteiger charge is -1.98. The number of hydrogen-bond acceptors (Lipinski definition) is 5. The highest BCUT2D eigenvalue weighted by Crippen LogP contribution is 2.22. The van der Waals surface area contributed by atoms with E-state index in [-0.39, 0.29) is 0 Å². The van der Waals surface area contributed by atoms with E-state index in [0.29, 0.717) is 5.56 Å². The van der Waals surface area contributed by atoms with Gasteiger partial charge in [0.1, 0.15) is 17.4 Å². The number of pyridine rings is 1. The topological polar surface area (TPSA) is 67.4 Å². The van der Waals surface area contributed by atoms with E-state index in [4.69, 9.17) is 5.26 Å². The van der Waals surface area contributed by atoms with Crippen LogP contribution in [-0.4, -0.2) is 19.7 Å². The van der Waals surface area contributed by atoms with Gasteiger partial charge in [0.2, 0.25) is 0 Å². The summed E-state index contributed by atoms with van der Waals surface area (Å²) in [4.78, 5) is 4.12. The van der Waals surface area contributed by atoms with E-state index in [1.807, 2.05) is 17.7 Å². The molecule has 0 bridgehead atoms. The summed E-state index contributed by atoms with van der Waals surface area (Å²) in [5.41, 5.74) is 0.553. The van der Waals surface area contributed by atoms with Crippen molar-refractivity contribution >= 4 is 11.8 Å². The lowest BCUT2D eigenvalue weighted by atomic mass is 10.3. The van der Waals surface area contributed by atoms with Crippen molar-refractivity contribution in [2.24, 2.45) is 7.05 Å². The molecule has 0 aliphatic carbocycles. The van der Waals surface area contributed by atoms with Gasteiger partial charge in [-0.25, -0.2) is 4.98 Å². The molecule has 6 heteroatoms. The van der Waals surface area contributed by atoms with Crippen molar-refractivity contribution in [3.63, 3.8) is 0 Å². The zero-order chi connectivity index (χ0) is 10.7. The molecule has 0 amide bonds. The lowest BCUT2D eigenvalue weighted by molar-refractivity contribution is 0.787. The molecule has 15 heavy (non-hydrogen) atoms. The molecule has 0 unspecified atom stereocenters. The lowest BCUT2D eigenvalue weighted by Crippen LogP contribution is -1.89. The Kier molecular flexibility index (Phi) is 2.65. The highest BCUT2D eigenvalue weighted by Gasteiger charge is 2.04. The number of nitriles is 1. The Hall–Kier alpha value is -1.87. The van der Waals surface area contributed by atoms with Crippen LogP contribution in [0.3, 0.4) is 0 Å². The molecule has 0 saturated carbocycles. The largest absolute Gasteiger partial charge is 0.311 e. The number of rotatable bonds is 2. The molecule has 2 rings (SSSR count). The average Bonchev–Trinajstić information content (AvgIpc) is 2.66. The normalized spacial score (nSPS) is 9.87. The summed E-state index contributed by atoms with van der Waals surface area (Å²) >= 11 is 1.41. The van der Waals surface area contributed by atoms with Gasteiger partial charge in [0.15, 0.2) is 5.16 Å². The van der Waals surface area contributed by atoms with E-state index in [2.05, 4.69) is 15.2 Å². The molecule has 0 aliphatic rings. The minimum Gasteiger partial charge on any atom is -0.311 e. The second-order valence-corrected chi connectivity index (χ2v) is 3.81. The fourth-order valence-corrected chi connectivity index (χ4v) is 1.67. The summed E-state index contributed by atoms with van der Waals surface area (Å²) in [5.74, 6) is 0. The van der Waals surface area contributed by atoms with Gasteiger partial charge in [0.25, 0.3) is 0 Å². The highest BCUT2D eigenvalue weighted by molar-refractivity contribution is 7.99. The monoisotopic (exact) mass is 217 g/mol. The van der Waals surface area contributed by atoms with E-state index in [1.165, 1.54) is 11.8 Å². The van der Waals surface area contributed by atoms with Crippen molar-refractivity contribution in [2.75, 3.05) is 0 Å². The van der Waals surface area contributed by atoms with Gasteiger partial charge in [-0.2, -0.15) is 5.26 Å². The van der Waals surface area contributed by atoms with Crippen LogP contribution in [0, 0.1) is 11.3 Å². The van der Waals surface area contributed by atoms with Crippen molar-refractivity contribution in [3.05, 3.63) is 30.2 Å². The zero-order valence-corrected chi connectivity index (χ0v) is 8.77. The van der Waals surface area contributed by atoms with Gasteiger partial charge in [-0.3, -0.25) is 0 Å². The van der Waals surface area contributed by atoms with Gasteiger partial charge in [-0.05, 0) is 23.9 Å². The molecule has 0 atom stereocenters. The molecule has 5 nitrogen and oxygen atoms in total. The van der Waals surface area contributed by atoms with Crippen molar-refractivity contribution in [1.29, 1.82) is 5.26 Å². The maximum atomic E-state index is 8.61. The molecule has 0 spiro atoms. The van der Waals surface area contributed by atoms with Gasteiger partial charge >= 0.3 is 0 Å². The van der Waals surface area contributed by atoms with Crippen LogP contribution in [0.25, 0.3) is 0 Å². The smallest absolute Gasteiger partial charge is 0.197 e. The van der Waals surface area contributed by atoms with Gasteiger partial charge in [-0.1, -0.05) is 0 Å². The standard InChI is InChI=1S/C9H7N5S/c1-14-6-12-13-9(14)15-8-3-2-7(4-10)5-11-8/h2-3,5-6H,1H3. The van der Waals surface area contributed by atoms with Gasteiger partial charge < -0.3 is 4.57 Å². The fourth-order valence-electron chi connectivity index (χ4n) is 0.965. The van der Waals surface area contributed by atoms with E-state index in [9.17, 15) is 0 Å². The van der Waals surface area contributed by atoms with Crippen molar-refractivity contribution in [1.82, 2.24) is 19.7 Å². The number of aryl methyl sites for hydroxylation is 1. The van der Waals surface area contributed by atoms with Crippen LogP contribution in [0.2, 0.25) is 0 Å². The van der Waals surface area contributed by atoms with Crippen molar-refractivity contribution in [2.45, 2.75) is 10.2 Å². The Morgan fingerprint density at radius 2 is 2.33 bits per heavy atom. The molecule has 74 valence electrons. The SMILES string of the molecule is Cn1cnnc1Sc1ccc(C#N)cn1. The van der Waals surface area contributed by atoms with Gasteiger partial charge in [-0.15, -0.1) is 10.2 Å². The Bertz CT molecular complexity index is 496. The van der Waals surface area contributed by atoms with Crippen molar-refractivity contribution in [3.8, 4) is 6.07 Å². The first kappa shape index (κ1) is 9.68. The quantitative estimate of drug-likeness (QED) is 0.756. The number of aromatic nitrogens is 4. The van der Waals surface area contributed by atoms with Gasteiger partial charge in [0.05, 0.1) is 5.56 Å². The maximum absolute atomic E-state index is 8.61. The molecular weight excluding hydrogens is 210 g/mol. The summed E-state index contributed by atoms with van der Waals surface area (Å²) in [6.45, 7) is 0. The molecule has 0 aromatic carbocycles. The molecule has 2 aromatic rings.